The highest BCUT2D eigenvalue weighted by Crippen LogP contribution is 2.29. The molecule has 1 aromatic heterocycles. The van der Waals surface area contributed by atoms with E-state index in [0.29, 0.717) is 17.3 Å². The quantitative estimate of drug-likeness (QED) is 0.726. The van der Waals surface area contributed by atoms with Gasteiger partial charge in [-0.3, -0.25) is 5.10 Å². The van der Waals surface area contributed by atoms with Crippen LogP contribution in [0.4, 0.5) is 10.1 Å². The number of anilines is 1. The predicted molar refractivity (Wildman–Crippen MR) is 87.5 cm³/mol. The van der Waals surface area contributed by atoms with E-state index in [0.717, 1.165) is 22.5 Å². The van der Waals surface area contributed by atoms with E-state index in [-0.39, 0.29) is 5.82 Å². The van der Waals surface area contributed by atoms with E-state index in [9.17, 15) is 4.39 Å². The lowest BCUT2D eigenvalue weighted by Gasteiger charge is -2.08. The predicted octanol–water partition coefficient (Wildman–Crippen LogP) is 4.79. The van der Waals surface area contributed by atoms with Gasteiger partial charge in [-0.05, 0) is 36.8 Å². The zero-order chi connectivity index (χ0) is 15.5. The van der Waals surface area contributed by atoms with Crippen molar-refractivity contribution in [1.82, 2.24) is 10.2 Å². The molecule has 3 aromatic rings. The van der Waals surface area contributed by atoms with Crippen LogP contribution in [-0.2, 0) is 6.54 Å². The maximum Gasteiger partial charge on any atom is 0.123 e. The van der Waals surface area contributed by atoms with Gasteiger partial charge in [-0.25, -0.2) is 4.39 Å². The zero-order valence-corrected chi connectivity index (χ0v) is 12.8. The van der Waals surface area contributed by atoms with Crippen LogP contribution in [0.1, 0.15) is 11.3 Å². The summed E-state index contributed by atoms with van der Waals surface area (Å²) in [7, 11) is 0. The molecule has 0 saturated carbocycles. The lowest BCUT2D eigenvalue weighted by molar-refractivity contribution is 0.628. The third-order valence-electron chi connectivity index (χ3n) is 3.43. The number of nitrogens with one attached hydrogen (secondary N) is 2. The molecule has 0 bridgehead atoms. The Labute approximate surface area is 133 Å². The number of benzene rings is 2. The van der Waals surface area contributed by atoms with Gasteiger partial charge in [0, 0.05) is 17.1 Å². The van der Waals surface area contributed by atoms with Crippen molar-refractivity contribution in [2.24, 2.45) is 0 Å². The molecule has 0 aliphatic rings. The van der Waals surface area contributed by atoms with Crippen molar-refractivity contribution in [2.45, 2.75) is 13.5 Å². The third kappa shape index (κ3) is 3.12. The summed E-state index contributed by atoms with van der Waals surface area (Å²) in [6.07, 6.45) is 0. The second kappa shape index (κ2) is 6.20. The molecule has 0 aliphatic heterocycles. The number of rotatable bonds is 4. The summed E-state index contributed by atoms with van der Waals surface area (Å²) >= 11 is 5.89. The molecule has 0 radical (unpaired) electrons. The number of halogens is 2. The first kappa shape index (κ1) is 14.6. The number of aromatic nitrogens is 2. The minimum atomic E-state index is -0.276. The van der Waals surface area contributed by atoms with E-state index >= 15 is 0 Å². The maximum atomic E-state index is 13.4. The SMILES string of the molecule is Cc1[nH]nc(-c2cccc(F)c2)c1NCc1ccc(Cl)cc1. The fourth-order valence-corrected chi connectivity index (χ4v) is 2.41. The van der Waals surface area contributed by atoms with Gasteiger partial charge in [0.25, 0.3) is 0 Å². The molecule has 0 atom stereocenters. The minimum Gasteiger partial charge on any atom is -0.378 e. The number of H-pyrrole nitrogens is 1. The van der Waals surface area contributed by atoms with Gasteiger partial charge in [0.2, 0.25) is 0 Å². The highest BCUT2D eigenvalue weighted by atomic mass is 35.5. The molecule has 0 fully saturated rings. The van der Waals surface area contributed by atoms with Crippen LogP contribution in [-0.4, -0.2) is 10.2 Å². The second-order valence-electron chi connectivity index (χ2n) is 5.06. The van der Waals surface area contributed by atoms with Gasteiger partial charge in [-0.1, -0.05) is 35.9 Å². The Balaban J connectivity index is 1.85. The molecule has 0 amide bonds. The number of nitrogens with zero attached hydrogens (tertiary/aromatic N) is 1. The summed E-state index contributed by atoms with van der Waals surface area (Å²) in [4.78, 5) is 0. The van der Waals surface area contributed by atoms with E-state index in [1.807, 2.05) is 37.3 Å². The van der Waals surface area contributed by atoms with Crippen LogP contribution < -0.4 is 5.32 Å². The van der Waals surface area contributed by atoms with Crippen LogP contribution in [0, 0.1) is 12.7 Å². The lowest BCUT2D eigenvalue weighted by Crippen LogP contribution is -2.01. The molecule has 1 heterocycles. The number of aromatic amines is 1. The normalized spacial score (nSPS) is 10.7. The largest absolute Gasteiger partial charge is 0.378 e. The Bertz CT molecular complexity index is 781. The van der Waals surface area contributed by atoms with Crippen molar-refractivity contribution in [3.63, 3.8) is 0 Å². The second-order valence-corrected chi connectivity index (χ2v) is 5.50. The van der Waals surface area contributed by atoms with E-state index in [2.05, 4.69) is 15.5 Å². The van der Waals surface area contributed by atoms with Crippen LogP contribution in [0.15, 0.2) is 48.5 Å². The van der Waals surface area contributed by atoms with Gasteiger partial charge in [-0.2, -0.15) is 5.10 Å². The van der Waals surface area contributed by atoms with E-state index < -0.39 is 0 Å². The molecule has 112 valence electrons. The summed E-state index contributed by atoms with van der Waals surface area (Å²) in [6, 6.07) is 14.1. The van der Waals surface area contributed by atoms with Crippen LogP contribution in [0.25, 0.3) is 11.3 Å². The van der Waals surface area contributed by atoms with Crippen LogP contribution in [0.2, 0.25) is 5.02 Å². The fraction of sp³-hybridized carbons (Fsp3) is 0.118. The van der Waals surface area contributed by atoms with Gasteiger partial charge in [0.05, 0.1) is 11.4 Å². The number of aryl methyl sites for hydroxylation is 1. The van der Waals surface area contributed by atoms with Gasteiger partial charge < -0.3 is 5.32 Å². The summed E-state index contributed by atoms with van der Waals surface area (Å²) < 4.78 is 13.4. The first-order valence-electron chi connectivity index (χ1n) is 6.93. The molecule has 2 aromatic carbocycles. The highest BCUT2D eigenvalue weighted by molar-refractivity contribution is 6.30. The molecule has 0 unspecified atom stereocenters. The average Bonchev–Trinajstić information content (AvgIpc) is 2.88. The van der Waals surface area contributed by atoms with Gasteiger partial charge in [0.15, 0.2) is 0 Å². The zero-order valence-electron chi connectivity index (χ0n) is 12.0. The molecular formula is C17H15ClFN3. The Hall–Kier alpha value is -2.33. The summed E-state index contributed by atoms with van der Waals surface area (Å²) in [5.74, 6) is -0.276. The van der Waals surface area contributed by atoms with E-state index in [1.54, 1.807) is 6.07 Å². The molecule has 0 saturated heterocycles. The Morgan fingerprint density at radius 1 is 1.18 bits per heavy atom. The minimum absolute atomic E-state index is 0.276. The molecule has 3 rings (SSSR count). The Morgan fingerprint density at radius 2 is 1.95 bits per heavy atom. The van der Waals surface area contributed by atoms with Crippen molar-refractivity contribution in [1.29, 1.82) is 0 Å². The molecule has 3 nitrogen and oxygen atoms in total. The summed E-state index contributed by atoms with van der Waals surface area (Å²) in [5, 5.41) is 11.3. The third-order valence-corrected chi connectivity index (χ3v) is 3.68. The first-order chi connectivity index (χ1) is 10.6. The number of hydrogen-bond acceptors (Lipinski definition) is 2. The van der Waals surface area contributed by atoms with E-state index in [4.69, 9.17) is 11.6 Å². The molecule has 5 heteroatoms. The maximum absolute atomic E-state index is 13.4. The molecule has 0 aliphatic carbocycles. The Kier molecular flexibility index (Phi) is 4.11. The molecular weight excluding hydrogens is 301 g/mol. The van der Waals surface area contributed by atoms with Gasteiger partial charge >= 0.3 is 0 Å². The molecule has 22 heavy (non-hydrogen) atoms. The average molecular weight is 316 g/mol. The first-order valence-corrected chi connectivity index (χ1v) is 7.30. The summed E-state index contributed by atoms with van der Waals surface area (Å²) in [5.41, 5.74) is 4.35. The monoisotopic (exact) mass is 315 g/mol. The van der Waals surface area contributed by atoms with Crippen molar-refractivity contribution in [3.05, 3.63) is 70.6 Å². The van der Waals surface area contributed by atoms with Gasteiger partial charge in [-0.15, -0.1) is 0 Å². The van der Waals surface area contributed by atoms with Crippen molar-refractivity contribution in [3.8, 4) is 11.3 Å². The van der Waals surface area contributed by atoms with Gasteiger partial charge in [0.1, 0.15) is 11.5 Å². The Morgan fingerprint density at radius 3 is 2.68 bits per heavy atom. The lowest BCUT2D eigenvalue weighted by atomic mass is 10.1. The van der Waals surface area contributed by atoms with E-state index in [1.165, 1.54) is 12.1 Å². The molecule has 2 N–H and O–H groups in total. The number of hydrogen-bond donors (Lipinski definition) is 2. The van der Waals surface area contributed by atoms with Crippen molar-refractivity contribution >= 4 is 17.3 Å². The topological polar surface area (TPSA) is 40.7 Å². The fourth-order valence-electron chi connectivity index (χ4n) is 2.28. The van der Waals surface area contributed by atoms with Crippen LogP contribution in [0.3, 0.4) is 0 Å². The van der Waals surface area contributed by atoms with Crippen LogP contribution in [0.5, 0.6) is 0 Å². The molecule has 0 spiro atoms. The van der Waals surface area contributed by atoms with Crippen molar-refractivity contribution < 1.29 is 4.39 Å². The highest BCUT2D eigenvalue weighted by Gasteiger charge is 2.12. The smallest absolute Gasteiger partial charge is 0.123 e. The summed E-state index contributed by atoms with van der Waals surface area (Å²) in [6.45, 7) is 2.57. The van der Waals surface area contributed by atoms with Crippen molar-refractivity contribution in [2.75, 3.05) is 5.32 Å². The van der Waals surface area contributed by atoms with Crippen LogP contribution >= 0.6 is 11.6 Å². The standard InChI is InChI=1S/C17H15ClFN3/c1-11-16(20-10-12-5-7-14(18)8-6-12)17(22-21-11)13-3-2-4-15(19)9-13/h2-9,20H,10H2,1H3,(H,21,22).